The van der Waals surface area contributed by atoms with Crippen LogP contribution in [0.5, 0.6) is 5.75 Å². The number of allylic oxidation sites excluding steroid dienone is 1. The Morgan fingerprint density at radius 2 is 1.95 bits per heavy atom. The van der Waals surface area contributed by atoms with Crippen molar-refractivity contribution in [2.45, 2.75) is 13.8 Å². The highest BCUT2D eigenvalue weighted by atomic mass is 32.4. The van der Waals surface area contributed by atoms with Gasteiger partial charge in [-0.15, -0.1) is 0 Å². The highest BCUT2D eigenvalue weighted by Gasteiger charge is 2.08. The summed E-state index contributed by atoms with van der Waals surface area (Å²) in [5.74, 6) is 1.53. The van der Waals surface area contributed by atoms with Crippen molar-refractivity contribution >= 4 is 24.6 Å². The van der Waals surface area contributed by atoms with Crippen molar-refractivity contribution in [3.63, 3.8) is 0 Å². The number of rotatable bonds is 6. The molecule has 0 amide bonds. The van der Waals surface area contributed by atoms with E-state index in [1.807, 2.05) is 50.2 Å². The van der Waals surface area contributed by atoms with Crippen molar-refractivity contribution < 1.29 is 9.26 Å². The number of pyridine rings is 1. The number of nitrogens with one attached hydrogen (secondary N) is 1. The molecular weight excluding hydrogens is 315 g/mol. The van der Waals surface area contributed by atoms with Gasteiger partial charge in [-0.1, -0.05) is 30.3 Å². The van der Waals surface area contributed by atoms with E-state index in [9.17, 15) is 0 Å². The lowest BCUT2D eigenvalue weighted by molar-refractivity contribution is 0.365. The van der Waals surface area contributed by atoms with Gasteiger partial charge >= 0.3 is 0 Å². The Labute approximate surface area is 136 Å². The zero-order valence-electron chi connectivity index (χ0n) is 12.8. The van der Waals surface area contributed by atoms with E-state index in [1.54, 1.807) is 19.5 Å². The number of nitrogens with zero attached hydrogens (tertiary/aromatic N) is 1. The Kier molecular flexibility index (Phi) is 5.99. The largest absolute Gasteiger partial charge is 0.494 e. The van der Waals surface area contributed by atoms with Crippen molar-refractivity contribution in [3.05, 3.63) is 65.6 Å². The quantitative estimate of drug-likeness (QED) is 0.641. The smallest absolute Gasteiger partial charge is 0.190 e. The van der Waals surface area contributed by atoms with Crippen LogP contribution in [0.1, 0.15) is 18.1 Å². The number of methoxy groups -OCH3 is 1. The lowest BCUT2D eigenvalue weighted by Crippen LogP contribution is -2.07. The third kappa shape index (κ3) is 4.33. The summed E-state index contributed by atoms with van der Waals surface area (Å²) < 4.78 is 11.3. The van der Waals surface area contributed by atoms with E-state index in [2.05, 4.69) is 10.1 Å². The van der Waals surface area contributed by atoms with Crippen molar-refractivity contribution in [1.82, 2.24) is 10.1 Å². The molecule has 0 aliphatic rings. The predicted octanol–water partition coefficient (Wildman–Crippen LogP) is 3.90. The highest BCUT2D eigenvalue weighted by molar-refractivity contribution is 8.02. The molecule has 0 fully saturated rings. The van der Waals surface area contributed by atoms with Gasteiger partial charge in [-0.05, 0) is 31.7 Å². The van der Waals surface area contributed by atoms with E-state index in [-0.39, 0.29) is 0 Å². The van der Waals surface area contributed by atoms with Gasteiger partial charge < -0.3 is 14.3 Å². The maximum atomic E-state index is 5.82. The first-order chi connectivity index (χ1) is 10.6. The average Bonchev–Trinajstić information content (AvgIpc) is 2.51. The number of aryl methyl sites for hydroxylation is 1. The van der Waals surface area contributed by atoms with Crippen molar-refractivity contribution in [1.29, 1.82) is 0 Å². The van der Waals surface area contributed by atoms with Crippen LogP contribution in [-0.2, 0) is 16.5 Å². The SMILES string of the molecule is CO/C(=C(\C)N[PH](=S)Oc1ccncc1C)c1ccccc1. The second-order valence-electron chi connectivity index (χ2n) is 4.68. The Morgan fingerprint density at radius 1 is 1.23 bits per heavy atom. The molecule has 1 aromatic carbocycles. The Balaban J connectivity index is 2.13. The maximum absolute atomic E-state index is 5.82. The molecule has 0 radical (unpaired) electrons. The first kappa shape index (κ1) is 16.5. The summed E-state index contributed by atoms with van der Waals surface area (Å²) in [5, 5.41) is 3.23. The molecule has 22 heavy (non-hydrogen) atoms. The molecule has 2 aromatic rings. The number of ether oxygens (including phenoxy) is 1. The summed E-state index contributed by atoms with van der Waals surface area (Å²) in [6.45, 7) is 3.88. The Bertz CT molecular complexity index is 690. The van der Waals surface area contributed by atoms with E-state index >= 15 is 0 Å². The van der Waals surface area contributed by atoms with Crippen molar-refractivity contribution in [3.8, 4) is 5.75 Å². The number of hydrogen-bond acceptors (Lipinski definition) is 4. The maximum Gasteiger partial charge on any atom is 0.190 e. The molecule has 4 nitrogen and oxygen atoms in total. The van der Waals surface area contributed by atoms with Crippen LogP contribution in [0.4, 0.5) is 0 Å². The Morgan fingerprint density at radius 3 is 2.59 bits per heavy atom. The molecule has 6 heteroatoms. The van der Waals surface area contributed by atoms with Crippen LogP contribution < -0.4 is 9.61 Å². The fourth-order valence-corrected chi connectivity index (χ4v) is 3.62. The van der Waals surface area contributed by atoms with Gasteiger partial charge in [-0.2, -0.15) is 0 Å². The molecule has 0 saturated carbocycles. The minimum absolute atomic E-state index is 0.762. The van der Waals surface area contributed by atoms with Gasteiger partial charge in [0.1, 0.15) is 11.5 Å². The summed E-state index contributed by atoms with van der Waals surface area (Å²) >= 11 is 5.43. The van der Waals surface area contributed by atoms with Crippen molar-refractivity contribution in [2.75, 3.05) is 7.11 Å². The average molecular weight is 334 g/mol. The topological polar surface area (TPSA) is 43.4 Å². The first-order valence-electron chi connectivity index (χ1n) is 6.81. The van der Waals surface area contributed by atoms with Gasteiger partial charge in [0.15, 0.2) is 7.07 Å². The van der Waals surface area contributed by atoms with Crippen LogP contribution in [0.3, 0.4) is 0 Å². The molecule has 0 saturated heterocycles. The summed E-state index contributed by atoms with van der Waals surface area (Å²) in [5.41, 5.74) is 2.83. The minimum Gasteiger partial charge on any atom is -0.494 e. The number of aromatic nitrogens is 1. The normalized spacial score (nSPS) is 13.0. The second-order valence-corrected chi connectivity index (χ2v) is 6.82. The third-order valence-corrected chi connectivity index (χ3v) is 4.58. The van der Waals surface area contributed by atoms with Crippen molar-refractivity contribution in [2.24, 2.45) is 0 Å². The first-order valence-corrected chi connectivity index (χ1v) is 9.35. The van der Waals surface area contributed by atoms with Gasteiger partial charge in [0, 0.05) is 23.5 Å². The van der Waals surface area contributed by atoms with Gasteiger partial charge in [-0.3, -0.25) is 4.98 Å². The molecule has 0 aliphatic heterocycles. The van der Waals surface area contributed by atoms with Gasteiger partial charge in [0.25, 0.3) is 0 Å². The minimum atomic E-state index is -1.66. The lowest BCUT2D eigenvalue weighted by atomic mass is 10.1. The fourth-order valence-electron chi connectivity index (χ4n) is 1.99. The molecule has 1 heterocycles. The van der Waals surface area contributed by atoms with Crippen LogP contribution >= 0.6 is 7.07 Å². The standard InChI is InChI=1S/C16H19N2O2PS/c1-12-11-17-10-9-15(12)20-21(22)18-13(2)16(19-3)14-7-5-4-6-8-14/h4-11,21H,1-3H3,(H,18,22)/b16-13+. The monoisotopic (exact) mass is 334 g/mol. The lowest BCUT2D eigenvalue weighted by Gasteiger charge is -2.16. The second kappa shape index (κ2) is 7.97. The number of hydrogen-bond donors (Lipinski definition) is 1. The van der Waals surface area contributed by atoms with Crippen LogP contribution in [0, 0.1) is 6.92 Å². The number of benzene rings is 1. The van der Waals surface area contributed by atoms with Crippen LogP contribution in [0.2, 0.25) is 0 Å². The summed E-state index contributed by atoms with van der Waals surface area (Å²) in [6.07, 6.45) is 3.45. The predicted molar refractivity (Wildman–Crippen MR) is 94.5 cm³/mol. The molecule has 1 aromatic heterocycles. The van der Waals surface area contributed by atoms with E-state index in [0.29, 0.717) is 0 Å². The fraction of sp³-hybridized carbons (Fsp3) is 0.188. The highest BCUT2D eigenvalue weighted by Crippen LogP contribution is 2.29. The van der Waals surface area contributed by atoms with E-state index < -0.39 is 7.07 Å². The summed E-state index contributed by atoms with van der Waals surface area (Å²) in [4.78, 5) is 4.04. The molecule has 0 bridgehead atoms. The zero-order valence-corrected chi connectivity index (χ0v) is 14.6. The van der Waals surface area contributed by atoms with Crippen LogP contribution in [0.25, 0.3) is 5.76 Å². The molecule has 0 spiro atoms. The third-order valence-electron chi connectivity index (χ3n) is 3.04. The summed E-state index contributed by atoms with van der Waals surface area (Å²) in [7, 11) is -0.00701. The van der Waals surface area contributed by atoms with Crippen LogP contribution in [-0.4, -0.2) is 12.1 Å². The van der Waals surface area contributed by atoms with E-state index in [4.69, 9.17) is 21.1 Å². The molecule has 1 unspecified atom stereocenters. The van der Waals surface area contributed by atoms with E-state index in [1.165, 1.54) is 0 Å². The zero-order chi connectivity index (χ0) is 15.9. The molecular formula is C16H19N2O2PS. The van der Waals surface area contributed by atoms with Gasteiger partial charge in [-0.25, -0.2) is 0 Å². The molecule has 1 N–H and O–H groups in total. The molecule has 116 valence electrons. The van der Waals surface area contributed by atoms with Gasteiger partial charge in [0.2, 0.25) is 0 Å². The Hall–Kier alpha value is -1.84. The summed E-state index contributed by atoms with van der Waals surface area (Å²) in [6, 6.07) is 11.7. The van der Waals surface area contributed by atoms with E-state index in [0.717, 1.165) is 28.3 Å². The van der Waals surface area contributed by atoms with Crippen LogP contribution in [0.15, 0.2) is 54.5 Å². The molecule has 1 atom stereocenters. The van der Waals surface area contributed by atoms with Gasteiger partial charge in [0.05, 0.1) is 12.8 Å². The molecule has 0 aliphatic carbocycles. The molecule has 2 rings (SSSR count).